The summed E-state index contributed by atoms with van der Waals surface area (Å²) in [5, 5.41) is 4.31. The maximum Gasteiger partial charge on any atom is 0.247 e. The number of aromatic nitrogens is 1. The van der Waals surface area contributed by atoms with Gasteiger partial charge >= 0.3 is 0 Å². The van der Waals surface area contributed by atoms with Crippen molar-refractivity contribution in [3.63, 3.8) is 0 Å². The summed E-state index contributed by atoms with van der Waals surface area (Å²) in [7, 11) is 2.02. The molecule has 5 heteroatoms. The Labute approximate surface area is 154 Å². The van der Waals surface area contributed by atoms with E-state index in [1.165, 1.54) is 19.3 Å². The fraction of sp³-hybridized carbons (Fsp3) is 0.524. The van der Waals surface area contributed by atoms with Gasteiger partial charge in [0.15, 0.2) is 0 Å². The lowest BCUT2D eigenvalue weighted by molar-refractivity contribution is -0.149. The van der Waals surface area contributed by atoms with E-state index in [9.17, 15) is 9.59 Å². The minimum Gasteiger partial charge on any atom is -0.351 e. The minimum absolute atomic E-state index is 0.0237. The van der Waals surface area contributed by atoms with E-state index < -0.39 is 6.04 Å². The summed E-state index contributed by atoms with van der Waals surface area (Å²) in [6.45, 7) is 2.70. The van der Waals surface area contributed by atoms with Gasteiger partial charge in [-0.25, -0.2) is 0 Å². The first-order chi connectivity index (χ1) is 12.6. The predicted octanol–water partition coefficient (Wildman–Crippen LogP) is 3.21. The van der Waals surface area contributed by atoms with Crippen molar-refractivity contribution in [2.75, 3.05) is 6.54 Å². The van der Waals surface area contributed by atoms with Crippen LogP contribution in [0, 0.1) is 6.92 Å². The molecular weight excluding hydrogens is 326 g/mol. The number of rotatable bonds is 4. The molecule has 1 unspecified atom stereocenters. The number of carbonyl (C=O) groups is 2. The quantitative estimate of drug-likeness (QED) is 0.858. The van der Waals surface area contributed by atoms with E-state index in [-0.39, 0.29) is 17.9 Å². The predicted molar refractivity (Wildman–Crippen MR) is 102 cm³/mol. The molecule has 1 aliphatic heterocycles. The largest absolute Gasteiger partial charge is 0.351 e. The summed E-state index contributed by atoms with van der Waals surface area (Å²) >= 11 is 0. The number of fused-ring (bicyclic) bond motifs is 1. The smallest absolute Gasteiger partial charge is 0.247 e. The van der Waals surface area contributed by atoms with Crippen molar-refractivity contribution in [2.24, 2.45) is 7.05 Å². The minimum atomic E-state index is -0.524. The fourth-order valence-electron chi connectivity index (χ4n) is 4.46. The second-order valence-corrected chi connectivity index (χ2v) is 7.66. The average Bonchev–Trinajstić information content (AvgIpc) is 2.90. The zero-order valence-corrected chi connectivity index (χ0v) is 15.6. The molecule has 1 aromatic carbocycles. The second kappa shape index (κ2) is 6.78. The molecule has 1 aromatic heterocycles. The Morgan fingerprint density at radius 1 is 1.19 bits per heavy atom. The Morgan fingerprint density at radius 2 is 1.92 bits per heavy atom. The van der Waals surface area contributed by atoms with Gasteiger partial charge in [-0.1, -0.05) is 37.5 Å². The van der Waals surface area contributed by atoms with E-state index in [0.29, 0.717) is 13.0 Å². The molecule has 2 fully saturated rings. The molecule has 0 bridgehead atoms. The Bertz CT molecular complexity index is 848. The Balaban J connectivity index is 1.73. The zero-order valence-electron chi connectivity index (χ0n) is 15.6. The van der Waals surface area contributed by atoms with E-state index in [1.54, 1.807) is 4.90 Å². The van der Waals surface area contributed by atoms with E-state index in [0.717, 1.165) is 35.0 Å². The molecule has 1 aliphatic carbocycles. The van der Waals surface area contributed by atoms with Gasteiger partial charge in [-0.05, 0) is 25.8 Å². The molecule has 1 N–H and O–H groups in total. The number of amides is 2. The lowest BCUT2D eigenvalue weighted by Crippen LogP contribution is -2.52. The molecule has 138 valence electrons. The third-order valence-electron chi connectivity index (χ3n) is 6.12. The third-order valence-corrected chi connectivity index (χ3v) is 6.12. The van der Waals surface area contributed by atoms with Crippen LogP contribution in [0.5, 0.6) is 0 Å². The van der Waals surface area contributed by atoms with Crippen molar-refractivity contribution in [2.45, 2.75) is 57.5 Å². The van der Waals surface area contributed by atoms with Gasteiger partial charge in [-0.15, -0.1) is 0 Å². The molecule has 1 saturated carbocycles. The SMILES string of the molecule is Cc1c(C(C(=O)NC2CCCCC2)N2CCC2=O)c2ccccc2n1C. The number of aryl methyl sites for hydroxylation is 1. The number of β-lactam (4-membered cyclic amide) rings is 1. The maximum absolute atomic E-state index is 13.3. The molecule has 0 spiro atoms. The van der Waals surface area contributed by atoms with Crippen LogP contribution in [0.3, 0.4) is 0 Å². The first-order valence-electron chi connectivity index (χ1n) is 9.71. The zero-order chi connectivity index (χ0) is 18.3. The topological polar surface area (TPSA) is 54.3 Å². The van der Waals surface area contributed by atoms with Crippen LogP contribution < -0.4 is 5.32 Å². The summed E-state index contributed by atoms with van der Waals surface area (Å²) < 4.78 is 2.12. The fourth-order valence-corrected chi connectivity index (χ4v) is 4.46. The van der Waals surface area contributed by atoms with E-state index >= 15 is 0 Å². The van der Waals surface area contributed by atoms with Crippen molar-refractivity contribution < 1.29 is 9.59 Å². The number of hydrogen-bond donors (Lipinski definition) is 1. The first-order valence-corrected chi connectivity index (χ1v) is 9.71. The van der Waals surface area contributed by atoms with Gasteiger partial charge in [-0.3, -0.25) is 9.59 Å². The summed E-state index contributed by atoms with van der Waals surface area (Å²) in [6, 6.07) is 7.86. The van der Waals surface area contributed by atoms with Crippen LogP contribution in [0.1, 0.15) is 55.8 Å². The number of nitrogens with zero attached hydrogens (tertiary/aromatic N) is 2. The first kappa shape index (κ1) is 17.1. The molecule has 1 saturated heterocycles. The molecule has 1 atom stereocenters. The van der Waals surface area contributed by atoms with Crippen molar-refractivity contribution in [3.8, 4) is 0 Å². The average molecular weight is 353 g/mol. The van der Waals surface area contributed by atoms with Gasteiger partial charge < -0.3 is 14.8 Å². The van der Waals surface area contributed by atoms with Crippen molar-refractivity contribution in [1.82, 2.24) is 14.8 Å². The number of hydrogen-bond acceptors (Lipinski definition) is 2. The molecule has 2 aliphatic rings. The Hall–Kier alpha value is -2.30. The number of nitrogens with one attached hydrogen (secondary N) is 1. The second-order valence-electron chi connectivity index (χ2n) is 7.66. The van der Waals surface area contributed by atoms with Crippen LogP contribution in [0.25, 0.3) is 10.9 Å². The maximum atomic E-state index is 13.3. The third kappa shape index (κ3) is 2.79. The van der Waals surface area contributed by atoms with E-state index in [4.69, 9.17) is 0 Å². The van der Waals surface area contributed by atoms with Crippen LogP contribution in [-0.2, 0) is 16.6 Å². The summed E-state index contributed by atoms with van der Waals surface area (Å²) in [4.78, 5) is 27.3. The standard InChI is InChI=1S/C21H27N3O2/c1-14-19(16-10-6-7-11-17(16)23(14)2)20(24-13-12-18(24)25)21(26)22-15-8-4-3-5-9-15/h6-7,10-11,15,20H,3-5,8-9,12-13H2,1-2H3,(H,22,26). The molecule has 5 nitrogen and oxygen atoms in total. The van der Waals surface area contributed by atoms with Gasteiger partial charge in [0, 0.05) is 48.2 Å². The van der Waals surface area contributed by atoms with Crippen molar-refractivity contribution in [3.05, 3.63) is 35.5 Å². The van der Waals surface area contributed by atoms with Gasteiger partial charge in [0.05, 0.1) is 0 Å². The molecule has 0 radical (unpaired) electrons. The highest BCUT2D eigenvalue weighted by Crippen LogP contribution is 2.36. The van der Waals surface area contributed by atoms with Gasteiger partial charge in [0.25, 0.3) is 0 Å². The van der Waals surface area contributed by atoms with Gasteiger partial charge in [0.1, 0.15) is 6.04 Å². The highest BCUT2D eigenvalue weighted by Gasteiger charge is 2.39. The normalized spacial score (nSPS) is 19.5. The molecular formula is C21H27N3O2. The van der Waals surface area contributed by atoms with Crippen molar-refractivity contribution in [1.29, 1.82) is 0 Å². The number of carbonyl (C=O) groups excluding carboxylic acids is 2. The van der Waals surface area contributed by atoms with Crippen LogP contribution in [-0.4, -0.2) is 33.9 Å². The highest BCUT2D eigenvalue weighted by atomic mass is 16.2. The van der Waals surface area contributed by atoms with E-state index in [1.807, 2.05) is 26.1 Å². The monoisotopic (exact) mass is 353 g/mol. The Kier molecular flexibility index (Phi) is 4.47. The Morgan fingerprint density at radius 3 is 2.58 bits per heavy atom. The van der Waals surface area contributed by atoms with Crippen LogP contribution in [0.4, 0.5) is 0 Å². The molecule has 2 amide bonds. The van der Waals surface area contributed by atoms with Gasteiger partial charge in [-0.2, -0.15) is 0 Å². The van der Waals surface area contributed by atoms with Crippen LogP contribution in [0.2, 0.25) is 0 Å². The summed E-state index contributed by atoms with van der Waals surface area (Å²) in [5.74, 6) is 0.0468. The highest BCUT2D eigenvalue weighted by molar-refractivity contribution is 5.97. The van der Waals surface area contributed by atoms with E-state index in [2.05, 4.69) is 22.0 Å². The number of likely N-dealkylation sites (tertiary alicyclic amines) is 1. The van der Waals surface area contributed by atoms with Gasteiger partial charge in [0.2, 0.25) is 11.8 Å². The van der Waals surface area contributed by atoms with Crippen LogP contribution >= 0.6 is 0 Å². The number of benzene rings is 1. The van der Waals surface area contributed by atoms with Crippen molar-refractivity contribution >= 4 is 22.7 Å². The number of para-hydroxylation sites is 1. The van der Waals surface area contributed by atoms with Crippen LogP contribution in [0.15, 0.2) is 24.3 Å². The molecule has 2 aromatic rings. The molecule has 4 rings (SSSR count). The lowest BCUT2D eigenvalue weighted by Gasteiger charge is -2.38. The summed E-state index contributed by atoms with van der Waals surface area (Å²) in [6.07, 6.45) is 6.22. The lowest BCUT2D eigenvalue weighted by atomic mass is 9.93. The molecule has 26 heavy (non-hydrogen) atoms. The summed E-state index contributed by atoms with van der Waals surface area (Å²) in [5.41, 5.74) is 3.13. The molecule has 2 heterocycles.